The first-order valence-electron chi connectivity index (χ1n) is 11.4. The van der Waals surface area contributed by atoms with Crippen LogP contribution in [0.1, 0.15) is 26.4 Å². The lowest BCUT2D eigenvalue weighted by Crippen LogP contribution is -2.19. The third-order valence-electron chi connectivity index (χ3n) is 5.69. The van der Waals surface area contributed by atoms with Gasteiger partial charge in [-0.3, -0.25) is 4.79 Å². The van der Waals surface area contributed by atoms with Gasteiger partial charge in [0.2, 0.25) is 0 Å². The van der Waals surface area contributed by atoms with Crippen LogP contribution >= 0.6 is 45.8 Å². The molecule has 0 bridgehead atoms. The average Bonchev–Trinajstić information content (AvgIpc) is 3.28. The van der Waals surface area contributed by atoms with Gasteiger partial charge < -0.3 is 9.72 Å². The summed E-state index contributed by atoms with van der Waals surface area (Å²) in [5.41, 5.74) is 6.19. The van der Waals surface area contributed by atoms with Gasteiger partial charge in [0.15, 0.2) is 0 Å². The number of ether oxygens (including phenoxy) is 1. The number of halogens is 3. The maximum atomic E-state index is 13.2. The highest BCUT2D eigenvalue weighted by Crippen LogP contribution is 2.33. The number of aromatic amines is 1. The molecule has 0 saturated heterocycles. The van der Waals surface area contributed by atoms with Gasteiger partial charge >= 0.3 is 5.97 Å². The highest BCUT2D eigenvalue weighted by atomic mass is 127. The second-order valence-corrected chi connectivity index (χ2v) is 10.3. The summed E-state index contributed by atoms with van der Waals surface area (Å²) >= 11 is 14.3. The molecule has 0 spiro atoms. The Morgan fingerprint density at radius 1 is 0.921 bits per heavy atom. The first-order valence-corrected chi connectivity index (χ1v) is 13.2. The largest absolute Gasteiger partial charge is 0.422 e. The lowest BCUT2D eigenvalue weighted by molar-refractivity contribution is 0.0734. The zero-order chi connectivity index (χ0) is 26.6. The van der Waals surface area contributed by atoms with Gasteiger partial charge in [-0.05, 0) is 76.7 Å². The molecular formula is C29H18Cl2IN3O3. The summed E-state index contributed by atoms with van der Waals surface area (Å²) in [5.74, 6) is -0.794. The van der Waals surface area contributed by atoms with E-state index in [2.05, 4.69) is 38.1 Å². The third kappa shape index (κ3) is 5.60. The molecule has 4 aromatic carbocycles. The molecule has 2 N–H and O–H groups in total. The number of nitrogens with zero attached hydrogens (tertiary/aromatic N) is 1. The quantitative estimate of drug-likeness (QED) is 0.0647. The Bertz CT molecular complexity index is 1700. The molecule has 5 aromatic rings. The van der Waals surface area contributed by atoms with Crippen molar-refractivity contribution in [2.75, 3.05) is 0 Å². The molecule has 5 rings (SSSR count). The van der Waals surface area contributed by atoms with Crippen LogP contribution in [0.15, 0.2) is 96.1 Å². The first kappa shape index (κ1) is 26.0. The van der Waals surface area contributed by atoms with E-state index in [-0.39, 0.29) is 16.3 Å². The summed E-state index contributed by atoms with van der Waals surface area (Å²) < 4.78 is 6.60. The molecule has 0 radical (unpaired) electrons. The maximum Gasteiger partial charge on any atom is 0.345 e. The molecule has 1 amide bonds. The van der Waals surface area contributed by atoms with Gasteiger partial charge in [-0.1, -0.05) is 65.7 Å². The predicted octanol–water partition coefficient (Wildman–Crippen LogP) is 7.73. The van der Waals surface area contributed by atoms with E-state index in [0.717, 1.165) is 25.6 Å². The van der Waals surface area contributed by atoms with Crippen LogP contribution in [0.4, 0.5) is 0 Å². The Morgan fingerprint density at radius 3 is 2.47 bits per heavy atom. The van der Waals surface area contributed by atoms with Crippen LogP contribution in [0.3, 0.4) is 0 Å². The van der Waals surface area contributed by atoms with E-state index in [9.17, 15) is 9.59 Å². The molecule has 0 aliphatic heterocycles. The molecule has 188 valence electrons. The molecule has 0 fully saturated rings. The number of nitrogens with one attached hydrogen (secondary N) is 2. The number of hydrogen-bond donors (Lipinski definition) is 2. The number of rotatable bonds is 6. The molecule has 0 atom stereocenters. The number of amides is 1. The van der Waals surface area contributed by atoms with Crippen LogP contribution in [0.5, 0.6) is 5.75 Å². The smallest absolute Gasteiger partial charge is 0.345 e. The Morgan fingerprint density at radius 2 is 1.68 bits per heavy atom. The lowest BCUT2D eigenvalue weighted by Gasteiger charge is -2.08. The second kappa shape index (κ2) is 11.4. The molecule has 6 nitrogen and oxygen atoms in total. The summed E-state index contributed by atoms with van der Waals surface area (Å²) in [6.45, 7) is 0. The van der Waals surface area contributed by atoms with Crippen LogP contribution in [-0.2, 0) is 0 Å². The fraction of sp³-hybridized carbons (Fsp3) is 0. The summed E-state index contributed by atoms with van der Waals surface area (Å²) in [6.07, 6.45) is 1.41. The monoisotopic (exact) mass is 653 g/mol. The Kier molecular flexibility index (Phi) is 7.78. The van der Waals surface area contributed by atoms with Crippen LogP contribution in [0.25, 0.3) is 22.0 Å². The van der Waals surface area contributed by atoms with Crippen molar-refractivity contribution in [3.63, 3.8) is 0 Å². The molecular weight excluding hydrogens is 636 g/mol. The molecule has 1 aromatic heterocycles. The second-order valence-electron chi connectivity index (χ2n) is 8.18. The van der Waals surface area contributed by atoms with E-state index < -0.39 is 11.9 Å². The van der Waals surface area contributed by atoms with Crippen molar-refractivity contribution in [2.45, 2.75) is 0 Å². The maximum absolute atomic E-state index is 13.2. The molecule has 0 aliphatic carbocycles. The zero-order valence-corrected chi connectivity index (χ0v) is 23.2. The van der Waals surface area contributed by atoms with E-state index in [4.69, 9.17) is 27.9 Å². The van der Waals surface area contributed by atoms with Crippen LogP contribution < -0.4 is 10.2 Å². The number of H-pyrrole nitrogens is 1. The minimum Gasteiger partial charge on any atom is -0.422 e. The van der Waals surface area contributed by atoms with Crippen LogP contribution in [0, 0.1) is 3.57 Å². The van der Waals surface area contributed by atoms with Crippen LogP contribution in [0.2, 0.25) is 10.0 Å². The summed E-state index contributed by atoms with van der Waals surface area (Å²) in [7, 11) is 0. The van der Waals surface area contributed by atoms with Gasteiger partial charge in [0.1, 0.15) is 11.4 Å². The number of esters is 1. The van der Waals surface area contributed by atoms with Gasteiger partial charge in [-0.15, -0.1) is 0 Å². The van der Waals surface area contributed by atoms with Crippen LogP contribution in [-0.4, -0.2) is 23.1 Å². The summed E-state index contributed by atoms with van der Waals surface area (Å²) in [5, 5.41) is 5.67. The minimum absolute atomic E-state index is 0.179. The van der Waals surface area contributed by atoms with E-state index in [0.29, 0.717) is 16.3 Å². The molecule has 9 heteroatoms. The number of hydrazone groups is 1. The number of para-hydroxylation sites is 1. The van der Waals surface area contributed by atoms with Gasteiger partial charge in [-0.25, -0.2) is 10.2 Å². The molecule has 0 unspecified atom stereocenters. The minimum atomic E-state index is -0.642. The number of carbonyl (C=O) groups excluding carboxylic acids is 2. The Hall–Kier alpha value is -3.66. The van der Waals surface area contributed by atoms with Gasteiger partial charge in [-0.2, -0.15) is 5.10 Å². The van der Waals surface area contributed by atoms with Crippen molar-refractivity contribution >= 4 is 74.8 Å². The standard InChI is InChI=1S/C29H18Cl2IN3O3/c30-19-10-12-21(23(31)14-19)29(37)38-25-9-5-4-8-18(25)16-33-35-28(36)27-26(17-6-2-1-3-7-17)22-15-20(32)11-13-24(22)34-27/h1-16,34H,(H,35,36). The van der Waals surface area contributed by atoms with E-state index in [1.165, 1.54) is 18.3 Å². The Labute approximate surface area is 241 Å². The van der Waals surface area contributed by atoms with Gasteiger partial charge in [0, 0.05) is 30.6 Å². The SMILES string of the molecule is O=C(Oc1ccccc1C=NNC(=O)c1[nH]c2ccc(I)cc2c1-c1ccccc1)c1ccc(Cl)cc1Cl. The van der Waals surface area contributed by atoms with E-state index in [1.54, 1.807) is 30.3 Å². The molecule has 0 aliphatic rings. The predicted molar refractivity (Wildman–Crippen MR) is 159 cm³/mol. The number of aromatic nitrogens is 1. The topological polar surface area (TPSA) is 83.5 Å². The number of benzene rings is 4. The summed E-state index contributed by atoms with van der Waals surface area (Å²) in [4.78, 5) is 29.1. The van der Waals surface area contributed by atoms with E-state index in [1.807, 2.05) is 48.5 Å². The van der Waals surface area contributed by atoms with Crippen molar-refractivity contribution in [1.82, 2.24) is 10.4 Å². The molecule has 38 heavy (non-hydrogen) atoms. The van der Waals surface area contributed by atoms with Crippen molar-refractivity contribution in [3.8, 4) is 16.9 Å². The van der Waals surface area contributed by atoms with Crippen molar-refractivity contribution in [1.29, 1.82) is 0 Å². The number of hydrogen-bond acceptors (Lipinski definition) is 4. The van der Waals surface area contributed by atoms with Crippen molar-refractivity contribution < 1.29 is 14.3 Å². The van der Waals surface area contributed by atoms with Gasteiger partial charge in [0.25, 0.3) is 5.91 Å². The van der Waals surface area contributed by atoms with Crippen molar-refractivity contribution in [3.05, 3.63) is 121 Å². The Balaban J connectivity index is 1.39. The highest BCUT2D eigenvalue weighted by Gasteiger charge is 2.19. The van der Waals surface area contributed by atoms with Gasteiger partial charge in [0.05, 0.1) is 16.8 Å². The number of fused-ring (bicyclic) bond motifs is 1. The first-order chi connectivity index (χ1) is 18.4. The normalized spacial score (nSPS) is 11.1. The number of carbonyl (C=O) groups is 2. The summed E-state index contributed by atoms with van der Waals surface area (Å²) in [6, 6.07) is 27.0. The molecule has 0 saturated carbocycles. The zero-order valence-electron chi connectivity index (χ0n) is 19.5. The molecule has 1 heterocycles. The van der Waals surface area contributed by atoms with Crippen molar-refractivity contribution in [2.24, 2.45) is 5.10 Å². The third-order valence-corrected chi connectivity index (χ3v) is 6.91. The van der Waals surface area contributed by atoms with E-state index >= 15 is 0 Å². The fourth-order valence-corrected chi connectivity index (χ4v) is 4.92. The highest BCUT2D eigenvalue weighted by molar-refractivity contribution is 14.1. The lowest BCUT2D eigenvalue weighted by atomic mass is 10.0. The average molecular weight is 654 g/mol. The fourth-order valence-electron chi connectivity index (χ4n) is 3.95.